The molecule has 28 heavy (non-hydrogen) atoms. The largest absolute Gasteiger partial charge is 0.497 e. The minimum atomic E-state index is -0.227. The zero-order chi connectivity index (χ0) is 19.8. The van der Waals surface area contributed by atoms with E-state index in [0.29, 0.717) is 11.4 Å². The van der Waals surface area contributed by atoms with Gasteiger partial charge in [0.15, 0.2) is 0 Å². The van der Waals surface area contributed by atoms with Gasteiger partial charge in [-0.3, -0.25) is 4.79 Å². The van der Waals surface area contributed by atoms with Crippen LogP contribution >= 0.6 is 11.9 Å². The summed E-state index contributed by atoms with van der Waals surface area (Å²) in [7, 11) is 1.65. The van der Waals surface area contributed by atoms with Gasteiger partial charge in [0.1, 0.15) is 5.75 Å². The molecule has 3 aromatic carbocycles. The maximum atomic E-state index is 12.0. The van der Waals surface area contributed by atoms with Crippen LogP contribution in [0, 0.1) is 0 Å². The van der Waals surface area contributed by atoms with Crippen LogP contribution in [0.2, 0.25) is 0 Å². The van der Waals surface area contributed by atoms with Gasteiger partial charge < -0.3 is 20.5 Å². The van der Waals surface area contributed by atoms with Crippen molar-refractivity contribution in [2.45, 2.75) is 4.90 Å². The second kappa shape index (κ2) is 9.53. The Kier molecular flexibility index (Phi) is 6.59. The highest BCUT2D eigenvalue weighted by Crippen LogP contribution is 2.23. The summed E-state index contributed by atoms with van der Waals surface area (Å²) in [5, 5.41) is 2.76. The summed E-state index contributed by atoms with van der Waals surface area (Å²) in [6.45, 7) is 0. The van der Waals surface area contributed by atoms with Gasteiger partial charge in [-0.15, -0.1) is 0 Å². The molecule has 0 aliphatic heterocycles. The molecule has 0 aliphatic carbocycles. The van der Waals surface area contributed by atoms with Gasteiger partial charge in [-0.2, -0.15) is 0 Å². The first-order valence-corrected chi connectivity index (χ1v) is 9.46. The van der Waals surface area contributed by atoms with Crippen LogP contribution in [0.1, 0.15) is 5.56 Å². The summed E-state index contributed by atoms with van der Waals surface area (Å²) in [5.41, 5.74) is 8.86. The summed E-state index contributed by atoms with van der Waals surface area (Å²) in [6.07, 6.45) is 3.25. The number of benzene rings is 3. The van der Waals surface area contributed by atoms with Crippen molar-refractivity contribution in [3.8, 4) is 5.75 Å². The molecule has 0 spiro atoms. The average Bonchev–Trinajstić information content (AvgIpc) is 2.73. The number of anilines is 3. The molecule has 0 bridgehead atoms. The van der Waals surface area contributed by atoms with Crippen molar-refractivity contribution in [1.29, 1.82) is 0 Å². The lowest BCUT2D eigenvalue weighted by atomic mass is 10.2. The molecule has 0 aliphatic rings. The Morgan fingerprint density at radius 2 is 1.71 bits per heavy atom. The summed E-state index contributed by atoms with van der Waals surface area (Å²) < 4.78 is 8.44. The van der Waals surface area contributed by atoms with Gasteiger partial charge in [0, 0.05) is 16.7 Å². The number of amides is 1. The van der Waals surface area contributed by atoms with Crippen LogP contribution in [0.4, 0.5) is 17.1 Å². The van der Waals surface area contributed by atoms with Crippen LogP contribution in [0.15, 0.2) is 83.8 Å². The number of nitrogens with two attached hydrogens (primary N) is 1. The van der Waals surface area contributed by atoms with Crippen molar-refractivity contribution in [1.82, 2.24) is 0 Å². The number of nitrogens with one attached hydrogen (secondary N) is 2. The molecule has 0 saturated carbocycles. The van der Waals surface area contributed by atoms with E-state index in [2.05, 4.69) is 10.0 Å². The Labute approximate surface area is 168 Å². The van der Waals surface area contributed by atoms with Gasteiger partial charge in [-0.05, 0) is 72.1 Å². The van der Waals surface area contributed by atoms with Gasteiger partial charge in [0.25, 0.3) is 0 Å². The van der Waals surface area contributed by atoms with Crippen molar-refractivity contribution >= 4 is 41.0 Å². The fourth-order valence-corrected chi connectivity index (χ4v) is 3.02. The first kappa shape index (κ1) is 19.4. The first-order chi connectivity index (χ1) is 13.6. The molecule has 0 fully saturated rings. The van der Waals surface area contributed by atoms with E-state index in [0.717, 1.165) is 21.9 Å². The third kappa shape index (κ3) is 5.56. The molecular weight excluding hydrogens is 370 g/mol. The van der Waals surface area contributed by atoms with E-state index in [1.54, 1.807) is 25.3 Å². The van der Waals surface area contributed by atoms with E-state index >= 15 is 0 Å². The Hall–Kier alpha value is -3.38. The number of ether oxygens (including phenoxy) is 1. The lowest BCUT2D eigenvalue weighted by molar-refractivity contribution is -0.111. The predicted octanol–water partition coefficient (Wildman–Crippen LogP) is 5.05. The van der Waals surface area contributed by atoms with Gasteiger partial charge in [0.2, 0.25) is 5.91 Å². The standard InChI is InChI=1S/C22H21N3O2S/c1-27-18-11-13-19(14-12-18)28-25-17-9-6-16(7-10-17)8-15-22(26)24-21-5-3-2-4-20(21)23/h2-15,25H,23H2,1H3,(H,24,26)/b15-8+. The van der Waals surface area contributed by atoms with Crippen LogP contribution < -0.4 is 20.5 Å². The number of nitrogen functional groups attached to an aromatic ring is 1. The Morgan fingerprint density at radius 3 is 2.39 bits per heavy atom. The fraction of sp³-hybridized carbons (Fsp3) is 0.0455. The monoisotopic (exact) mass is 391 g/mol. The molecule has 142 valence electrons. The zero-order valence-electron chi connectivity index (χ0n) is 15.4. The SMILES string of the molecule is COc1ccc(SNc2ccc(/C=C/C(=O)Nc3ccccc3N)cc2)cc1. The Morgan fingerprint density at radius 1 is 1.00 bits per heavy atom. The minimum Gasteiger partial charge on any atom is -0.497 e. The second-order valence-electron chi connectivity index (χ2n) is 5.91. The molecule has 0 aromatic heterocycles. The highest BCUT2D eigenvalue weighted by molar-refractivity contribution is 8.00. The van der Waals surface area contributed by atoms with E-state index in [9.17, 15) is 4.79 Å². The van der Waals surface area contributed by atoms with Crippen molar-refractivity contribution in [2.75, 3.05) is 22.9 Å². The molecule has 0 saturated heterocycles. The van der Waals surface area contributed by atoms with E-state index < -0.39 is 0 Å². The second-order valence-corrected chi connectivity index (χ2v) is 6.79. The summed E-state index contributed by atoms with van der Waals surface area (Å²) >= 11 is 1.52. The van der Waals surface area contributed by atoms with E-state index in [1.807, 2.05) is 60.7 Å². The highest BCUT2D eigenvalue weighted by Gasteiger charge is 2.01. The third-order valence-corrected chi connectivity index (χ3v) is 4.75. The normalized spacial score (nSPS) is 10.6. The van der Waals surface area contributed by atoms with E-state index in [4.69, 9.17) is 10.5 Å². The number of carbonyl (C=O) groups excluding carboxylic acids is 1. The summed E-state index contributed by atoms with van der Waals surface area (Å²) in [4.78, 5) is 13.1. The summed E-state index contributed by atoms with van der Waals surface area (Å²) in [6, 6.07) is 22.8. The molecule has 1 amide bonds. The fourth-order valence-electron chi connectivity index (χ4n) is 2.38. The predicted molar refractivity (Wildman–Crippen MR) is 117 cm³/mol. The number of rotatable bonds is 7. The molecule has 5 nitrogen and oxygen atoms in total. The van der Waals surface area contributed by atoms with Gasteiger partial charge in [0.05, 0.1) is 18.5 Å². The average molecular weight is 391 g/mol. The van der Waals surface area contributed by atoms with Crippen LogP contribution in [0.3, 0.4) is 0 Å². The molecule has 0 heterocycles. The molecule has 4 N–H and O–H groups in total. The highest BCUT2D eigenvalue weighted by atomic mass is 32.2. The maximum absolute atomic E-state index is 12.0. The minimum absolute atomic E-state index is 0.227. The van der Waals surface area contributed by atoms with Crippen molar-refractivity contribution in [2.24, 2.45) is 0 Å². The zero-order valence-corrected chi connectivity index (χ0v) is 16.2. The first-order valence-electron chi connectivity index (χ1n) is 8.64. The number of hydrogen-bond donors (Lipinski definition) is 3. The third-order valence-electron chi connectivity index (χ3n) is 3.90. The topological polar surface area (TPSA) is 76.4 Å². The van der Waals surface area contributed by atoms with Crippen LogP contribution in [-0.4, -0.2) is 13.0 Å². The van der Waals surface area contributed by atoms with Crippen molar-refractivity contribution in [3.63, 3.8) is 0 Å². The molecule has 3 aromatic rings. The van der Waals surface area contributed by atoms with Gasteiger partial charge >= 0.3 is 0 Å². The molecular formula is C22H21N3O2S. The lowest BCUT2D eigenvalue weighted by Crippen LogP contribution is -2.09. The molecule has 0 atom stereocenters. The summed E-state index contributed by atoms with van der Waals surface area (Å²) in [5.74, 6) is 0.606. The Balaban J connectivity index is 1.52. The van der Waals surface area contributed by atoms with Crippen molar-refractivity contribution in [3.05, 3.63) is 84.4 Å². The smallest absolute Gasteiger partial charge is 0.248 e. The molecule has 3 rings (SSSR count). The number of hydrogen-bond acceptors (Lipinski definition) is 5. The number of methoxy groups -OCH3 is 1. The van der Waals surface area contributed by atoms with E-state index in [1.165, 1.54) is 18.0 Å². The molecule has 0 unspecified atom stereocenters. The number of para-hydroxylation sites is 2. The van der Waals surface area contributed by atoms with E-state index in [-0.39, 0.29) is 5.91 Å². The van der Waals surface area contributed by atoms with Crippen molar-refractivity contribution < 1.29 is 9.53 Å². The Bertz CT molecular complexity index is 954. The van der Waals surface area contributed by atoms with Gasteiger partial charge in [-0.25, -0.2) is 0 Å². The van der Waals surface area contributed by atoms with Crippen LogP contribution in [0.5, 0.6) is 5.75 Å². The lowest BCUT2D eigenvalue weighted by Gasteiger charge is -2.07. The quantitative estimate of drug-likeness (QED) is 0.298. The number of carbonyl (C=O) groups is 1. The van der Waals surface area contributed by atoms with Crippen LogP contribution in [0.25, 0.3) is 6.08 Å². The van der Waals surface area contributed by atoms with Gasteiger partial charge in [-0.1, -0.05) is 24.3 Å². The molecule has 6 heteroatoms. The molecule has 0 radical (unpaired) electrons. The van der Waals surface area contributed by atoms with Crippen LogP contribution in [-0.2, 0) is 4.79 Å². The maximum Gasteiger partial charge on any atom is 0.248 e.